The van der Waals surface area contributed by atoms with Crippen LogP contribution in [0.3, 0.4) is 0 Å². The van der Waals surface area contributed by atoms with Crippen LogP contribution in [0.1, 0.15) is 0 Å². The molecule has 0 atom stereocenters. The van der Waals surface area contributed by atoms with Gasteiger partial charge in [0.1, 0.15) is 23.8 Å². The Balaban J connectivity index is 0.00000353. The van der Waals surface area contributed by atoms with E-state index in [1.54, 1.807) is 24.3 Å². The van der Waals surface area contributed by atoms with E-state index in [1.165, 1.54) is 0 Å². The normalized spacial score (nSPS) is 11.1. The topological polar surface area (TPSA) is 51.6 Å². The molecule has 2 aromatic carbocycles. The summed E-state index contributed by atoms with van der Waals surface area (Å²) in [7, 11) is -3.37. The van der Waals surface area contributed by atoms with Gasteiger partial charge in [-0.15, -0.1) is 12.1 Å². The number of pyridine rings is 4. The molecule has 4 aromatic heterocycles. The smallest absolute Gasteiger partial charge is 0.305 e. The molecule has 0 saturated heterocycles. The predicted octanol–water partition coefficient (Wildman–Crippen LogP) is 4.13. The first-order valence-electron chi connectivity index (χ1n) is 12.5. The third-order valence-corrected chi connectivity index (χ3v) is 11.2. The molecular formula is C32H18F4N4PtSi. The van der Waals surface area contributed by atoms with Gasteiger partial charge in [-0.2, -0.15) is 0 Å². The molecule has 0 bridgehead atoms. The third kappa shape index (κ3) is 5.33. The molecule has 0 aliphatic rings. The molecule has 0 spiro atoms. The fourth-order valence-corrected chi connectivity index (χ4v) is 9.37. The van der Waals surface area contributed by atoms with Crippen LogP contribution >= 0.6 is 0 Å². The van der Waals surface area contributed by atoms with Crippen molar-refractivity contribution in [3.05, 3.63) is 145 Å². The van der Waals surface area contributed by atoms with Crippen LogP contribution in [-0.2, 0) is 21.1 Å². The molecule has 0 saturated carbocycles. The van der Waals surface area contributed by atoms with Crippen molar-refractivity contribution >= 4 is 29.1 Å². The van der Waals surface area contributed by atoms with Gasteiger partial charge in [-0.1, -0.05) is 108 Å². The molecule has 0 unspecified atom stereocenters. The predicted molar refractivity (Wildman–Crippen MR) is 150 cm³/mol. The summed E-state index contributed by atoms with van der Waals surface area (Å²) in [6.45, 7) is 0. The molecule has 4 nitrogen and oxygen atoms in total. The second-order valence-corrected chi connectivity index (χ2v) is 12.8. The molecule has 10 heteroatoms. The van der Waals surface area contributed by atoms with Gasteiger partial charge in [-0.3, -0.25) is 9.97 Å². The third-order valence-electron chi connectivity index (χ3n) is 6.69. The van der Waals surface area contributed by atoms with Crippen molar-refractivity contribution in [2.45, 2.75) is 0 Å². The quantitative estimate of drug-likeness (QED) is 0.111. The summed E-state index contributed by atoms with van der Waals surface area (Å²) in [5.74, 6) is -4.03. The molecule has 0 amide bonds. The Kier molecular flexibility index (Phi) is 8.52. The average Bonchev–Trinajstić information content (AvgIpc) is 2.99. The van der Waals surface area contributed by atoms with Crippen molar-refractivity contribution in [1.82, 2.24) is 19.9 Å². The number of benzene rings is 2. The molecule has 0 N–H and O–H groups in total. The van der Waals surface area contributed by atoms with Crippen molar-refractivity contribution in [2.75, 3.05) is 0 Å². The van der Waals surface area contributed by atoms with E-state index >= 15 is 0 Å². The molecule has 0 aliphatic carbocycles. The Bertz CT molecular complexity index is 1720. The molecular weight excluding hydrogens is 740 g/mol. The largest absolute Gasteiger partial charge is 2.00 e. The van der Waals surface area contributed by atoms with Gasteiger partial charge in [-0.05, 0) is 33.9 Å². The fraction of sp³-hybridized carbons (Fsp3) is 0. The van der Waals surface area contributed by atoms with E-state index < -0.39 is 31.9 Å². The maximum atomic E-state index is 14.7. The van der Waals surface area contributed by atoms with Crippen molar-refractivity contribution < 1.29 is 38.6 Å². The van der Waals surface area contributed by atoms with Gasteiger partial charge in [-0.25, -0.2) is 17.6 Å². The molecule has 6 rings (SSSR count). The maximum absolute atomic E-state index is 14.7. The first kappa shape index (κ1) is 29.2. The van der Waals surface area contributed by atoms with E-state index in [9.17, 15) is 17.6 Å². The number of halogens is 4. The van der Waals surface area contributed by atoms with Gasteiger partial charge in [0, 0.05) is 10.6 Å². The minimum absolute atomic E-state index is 0. The van der Waals surface area contributed by atoms with Crippen molar-refractivity contribution in [3.8, 4) is 22.5 Å². The van der Waals surface area contributed by atoms with Gasteiger partial charge < -0.3 is 9.97 Å². The summed E-state index contributed by atoms with van der Waals surface area (Å²) in [5.41, 5.74) is 0.282. The number of hydrogen-bond donors (Lipinski definition) is 0. The first-order valence-corrected chi connectivity index (χ1v) is 14.5. The Labute approximate surface area is 254 Å². The molecule has 0 fully saturated rings. The fourth-order valence-electron chi connectivity index (χ4n) is 4.94. The Morgan fingerprint density at radius 3 is 1.26 bits per heavy atom. The molecule has 0 aliphatic heterocycles. The SMILES string of the molecule is Fc1c[c-]c(-c2cccc([Si](c3ccccc3)(c3ccccc3)c3cccc(-c4[c-]cc(F)nc4F)n3)n2)c(F)n1.[Pt+2]. The second kappa shape index (κ2) is 12.3. The molecule has 0 radical (unpaired) electrons. The monoisotopic (exact) mass is 757 g/mol. The van der Waals surface area contributed by atoms with E-state index in [0.29, 0.717) is 10.6 Å². The van der Waals surface area contributed by atoms with Gasteiger partial charge in [0.15, 0.2) is 0 Å². The van der Waals surface area contributed by atoms with E-state index in [2.05, 4.69) is 22.1 Å². The van der Waals surface area contributed by atoms with Crippen LogP contribution in [0.15, 0.2) is 109 Å². The standard InChI is InChI=1S/C32H18F4N4Si.Pt/c33-27-19-17-23(31(35)39-27)25-13-7-15-29(37-25)41(21-9-3-1-4-10-21,22-11-5-2-6-12-22)30-16-8-14-26(38-30)24-18-20-28(34)40-32(24)36;/h1-16,19-20H;/q-2;+2. The minimum Gasteiger partial charge on any atom is -0.305 e. The van der Waals surface area contributed by atoms with Gasteiger partial charge in [0.2, 0.25) is 8.07 Å². The van der Waals surface area contributed by atoms with Crippen LogP contribution in [0, 0.1) is 35.9 Å². The van der Waals surface area contributed by atoms with Gasteiger partial charge in [0.25, 0.3) is 0 Å². The zero-order valence-electron chi connectivity index (χ0n) is 21.5. The summed E-state index contributed by atoms with van der Waals surface area (Å²) < 4.78 is 56.6. The van der Waals surface area contributed by atoms with Gasteiger partial charge in [0.05, 0.1) is 0 Å². The Morgan fingerprint density at radius 1 is 0.476 bits per heavy atom. The number of hydrogen-bond acceptors (Lipinski definition) is 4. The maximum Gasteiger partial charge on any atom is 2.00 e. The minimum atomic E-state index is -3.37. The van der Waals surface area contributed by atoms with Crippen molar-refractivity contribution in [2.24, 2.45) is 0 Å². The number of aromatic nitrogens is 4. The summed E-state index contributed by atoms with van der Waals surface area (Å²) in [4.78, 5) is 16.4. The average molecular weight is 758 g/mol. The van der Waals surface area contributed by atoms with Crippen LogP contribution in [0.25, 0.3) is 22.5 Å². The summed E-state index contributed by atoms with van der Waals surface area (Å²) in [6, 6.07) is 36.8. The Morgan fingerprint density at radius 2 is 0.881 bits per heavy atom. The molecule has 6 aromatic rings. The zero-order chi connectivity index (χ0) is 28.4. The van der Waals surface area contributed by atoms with E-state index in [0.717, 1.165) is 22.5 Å². The molecule has 208 valence electrons. The van der Waals surface area contributed by atoms with Crippen molar-refractivity contribution in [3.63, 3.8) is 0 Å². The molecule has 4 heterocycles. The van der Waals surface area contributed by atoms with Crippen molar-refractivity contribution in [1.29, 1.82) is 0 Å². The van der Waals surface area contributed by atoms with Crippen LogP contribution in [0.5, 0.6) is 0 Å². The van der Waals surface area contributed by atoms with Crippen LogP contribution < -0.4 is 21.0 Å². The van der Waals surface area contributed by atoms with E-state index in [1.807, 2.05) is 72.8 Å². The number of nitrogens with zero attached hydrogens (tertiary/aromatic N) is 4. The van der Waals surface area contributed by atoms with Crippen LogP contribution in [0.4, 0.5) is 17.6 Å². The van der Waals surface area contributed by atoms with Crippen LogP contribution in [-0.4, -0.2) is 28.0 Å². The summed E-state index contributed by atoms with van der Waals surface area (Å²) in [6.07, 6.45) is 0. The second-order valence-electron chi connectivity index (χ2n) is 9.08. The Hall–Kier alpha value is -4.33. The molecule has 42 heavy (non-hydrogen) atoms. The van der Waals surface area contributed by atoms with E-state index in [4.69, 9.17) is 9.97 Å². The first-order chi connectivity index (χ1) is 20.0. The van der Waals surface area contributed by atoms with Crippen LogP contribution in [0.2, 0.25) is 0 Å². The summed E-state index contributed by atoms with van der Waals surface area (Å²) in [5, 5.41) is 3.00. The summed E-state index contributed by atoms with van der Waals surface area (Å²) >= 11 is 0. The zero-order valence-corrected chi connectivity index (χ0v) is 24.8. The van der Waals surface area contributed by atoms with E-state index in [-0.39, 0.29) is 43.6 Å². The van der Waals surface area contributed by atoms with Gasteiger partial charge >= 0.3 is 21.1 Å². The number of rotatable bonds is 6.